The number of rotatable bonds is 1. The molecule has 0 N–H and O–H groups in total. The lowest BCUT2D eigenvalue weighted by Crippen LogP contribution is -1.97. The maximum atomic E-state index is 5.49. The van der Waals surface area contributed by atoms with Crippen LogP contribution in [0, 0.1) is 6.92 Å². The van der Waals surface area contributed by atoms with Gasteiger partial charge in [-0.3, -0.25) is 0 Å². The highest BCUT2D eigenvalue weighted by atomic mass is 32.1. The smallest absolute Gasteiger partial charge is 0.155 e. The normalized spacial score (nSPS) is 10.2. The molecule has 2 aromatic rings. The van der Waals surface area contributed by atoms with E-state index in [9.17, 15) is 0 Å². The Morgan fingerprint density at radius 1 is 1.15 bits per heavy atom. The molecule has 1 aromatic heterocycles. The lowest BCUT2D eigenvalue weighted by Gasteiger charge is -1.94. The van der Waals surface area contributed by atoms with Crippen molar-refractivity contribution < 1.29 is 0 Å². The van der Waals surface area contributed by atoms with E-state index in [0.717, 1.165) is 10.6 Å². The second-order valence-corrected chi connectivity index (χ2v) is 3.82. The van der Waals surface area contributed by atoms with Crippen LogP contribution in [0.5, 0.6) is 0 Å². The van der Waals surface area contributed by atoms with Crippen molar-refractivity contribution in [1.29, 1.82) is 0 Å². The van der Waals surface area contributed by atoms with E-state index in [1.54, 1.807) is 0 Å². The minimum absolute atomic E-state index is 0.510. The number of aromatic nitrogens is 2. The predicted octanol–water partition coefficient (Wildman–Crippen LogP) is 1.31. The van der Waals surface area contributed by atoms with Crippen LogP contribution in [0.3, 0.4) is 0 Å². The third-order valence-corrected chi connectivity index (χ3v) is 2.54. The lowest BCUT2D eigenvalue weighted by molar-refractivity contribution is 1.12. The summed E-state index contributed by atoms with van der Waals surface area (Å²) in [6, 6.07) is 8.14. The standard InChI is InChI=1S/C9H7BN2S/c1-6-2-4-7(5-3-6)8-11-12-9(10)13-8/h2-5H,1H3. The largest absolute Gasteiger partial charge is 0.159 e. The average molecular weight is 186 g/mol. The van der Waals surface area contributed by atoms with Gasteiger partial charge in [0.1, 0.15) is 5.01 Å². The number of benzene rings is 1. The zero-order chi connectivity index (χ0) is 9.26. The van der Waals surface area contributed by atoms with Crippen LogP contribution in [0.15, 0.2) is 24.3 Å². The van der Waals surface area contributed by atoms with Gasteiger partial charge >= 0.3 is 0 Å². The van der Waals surface area contributed by atoms with Crippen LogP contribution < -0.4 is 4.91 Å². The van der Waals surface area contributed by atoms with E-state index in [4.69, 9.17) is 7.85 Å². The van der Waals surface area contributed by atoms with Gasteiger partial charge in [-0.25, -0.2) is 0 Å². The molecule has 0 aliphatic rings. The Morgan fingerprint density at radius 2 is 1.85 bits per heavy atom. The van der Waals surface area contributed by atoms with Gasteiger partial charge in [-0.1, -0.05) is 29.8 Å². The van der Waals surface area contributed by atoms with Crippen molar-refractivity contribution in [3.63, 3.8) is 0 Å². The van der Waals surface area contributed by atoms with E-state index in [1.807, 2.05) is 24.3 Å². The molecule has 1 heterocycles. The van der Waals surface area contributed by atoms with E-state index in [1.165, 1.54) is 16.9 Å². The van der Waals surface area contributed by atoms with E-state index in [0.29, 0.717) is 4.91 Å². The molecule has 0 atom stereocenters. The first-order valence-electron chi connectivity index (χ1n) is 3.92. The molecule has 62 valence electrons. The summed E-state index contributed by atoms with van der Waals surface area (Å²) in [5, 5.41) is 8.59. The molecule has 2 radical (unpaired) electrons. The molecule has 13 heavy (non-hydrogen) atoms. The van der Waals surface area contributed by atoms with Crippen molar-refractivity contribution in [3.05, 3.63) is 29.8 Å². The van der Waals surface area contributed by atoms with Crippen molar-refractivity contribution >= 4 is 24.1 Å². The Balaban J connectivity index is 2.41. The van der Waals surface area contributed by atoms with E-state index in [2.05, 4.69) is 17.1 Å². The molecule has 2 rings (SSSR count). The first-order valence-corrected chi connectivity index (χ1v) is 4.73. The second-order valence-electron chi connectivity index (χ2n) is 2.81. The summed E-state index contributed by atoms with van der Waals surface area (Å²) in [4.78, 5) is 0.510. The first-order chi connectivity index (χ1) is 6.25. The molecule has 0 aliphatic heterocycles. The molecule has 2 nitrogen and oxygen atoms in total. The summed E-state index contributed by atoms with van der Waals surface area (Å²) in [6.07, 6.45) is 0. The first kappa shape index (κ1) is 8.44. The van der Waals surface area contributed by atoms with Gasteiger partial charge in [0, 0.05) is 5.56 Å². The zero-order valence-corrected chi connectivity index (χ0v) is 8.01. The van der Waals surface area contributed by atoms with Gasteiger partial charge in [-0.15, -0.1) is 16.4 Å². The third-order valence-electron chi connectivity index (χ3n) is 1.74. The van der Waals surface area contributed by atoms with Crippen LogP contribution in [0.25, 0.3) is 10.6 Å². The fourth-order valence-corrected chi connectivity index (χ4v) is 1.66. The van der Waals surface area contributed by atoms with E-state index >= 15 is 0 Å². The molecule has 0 fully saturated rings. The van der Waals surface area contributed by atoms with Crippen LogP contribution in [-0.2, 0) is 0 Å². The summed E-state index contributed by atoms with van der Waals surface area (Å²) in [5.41, 5.74) is 2.31. The minimum Gasteiger partial charge on any atom is -0.155 e. The molecule has 0 saturated carbocycles. The van der Waals surface area contributed by atoms with Crippen LogP contribution in [0.4, 0.5) is 0 Å². The Bertz CT molecular complexity index is 408. The molecular weight excluding hydrogens is 179 g/mol. The van der Waals surface area contributed by atoms with Crippen molar-refractivity contribution in [1.82, 2.24) is 10.2 Å². The van der Waals surface area contributed by atoms with E-state index < -0.39 is 0 Å². The molecule has 4 heteroatoms. The molecule has 1 aromatic carbocycles. The molecule has 0 amide bonds. The quantitative estimate of drug-likeness (QED) is 0.627. The highest BCUT2D eigenvalue weighted by Crippen LogP contribution is 2.19. The van der Waals surface area contributed by atoms with E-state index in [-0.39, 0.29) is 0 Å². The number of hydrogen-bond acceptors (Lipinski definition) is 3. The van der Waals surface area contributed by atoms with Gasteiger partial charge in [0.15, 0.2) is 7.85 Å². The van der Waals surface area contributed by atoms with Crippen LogP contribution in [0.2, 0.25) is 0 Å². The van der Waals surface area contributed by atoms with Gasteiger partial charge in [-0.05, 0) is 6.92 Å². The van der Waals surface area contributed by atoms with Gasteiger partial charge < -0.3 is 0 Å². The van der Waals surface area contributed by atoms with Gasteiger partial charge in [0.25, 0.3) is 0 Å². The summed E-state index contributed by atoms with van der Waals surface area (Å²) in [7, 11) is 5.49. The highest BCUT2D eigenvalue weighted by molar-refractivity contribution is 7.22. The molecule has 0 bridgehead atoms. The summed E-state index contributed by atoms with van der Waals surface area (Å²) >= 11 is 1.40. The minimum atomic E-state index is 0.510. The fourth-order valence-electron chi connectivity index (χ4n) is 1.05. The van der Waals surface area contributed by atoms with Crippen molar-refractivity contribution in [2.45, 2.75) is 6.92 Å². The second kappa shape index (κ2) is 3.30. The third kappa shape index (κ3) is 1.78. The summed E-state index contributed by atoms with van der Waals surface area (Å²) < 4.78 is 0. The maximum Gasteiger partial charge on any atom is 0.159 e. The van der Waals surface area contributed by atoms with Gasteiger partial charge in [0.05, 0.1) is 4.91 Å². The Hall–Kier alpha value is -1.16. The summed E-state index contributed by atoms with van der Waals surface area (Å²) in [5.74, 6) is 0. The number of hydrogen-bond donors (Lipinski definition) is 0. The Kier molecular flexibility index (Phi) is 2.14. The lowest BCUT2D eigenvalue weighted by atomic mass is 10.2. The zero-order valence-electron chi connectivity index (χ0n) is 7.19. The predicted molar refractivity (Wildman–Crippen MR) is 55.5 cm³/mol. The summed E-state index contributed by atoms with van der Waals surface area (Å²) in [6.45, 7) is 2.05. The van der Waals surface area contributed by atoms with Crippen molar-refractivity contribution in [2.24, 2.45) is 0 Å². The molecule has 0 unspecified atom stereocenters. The number of nitrogens with zero attached hydrogens (tertiary/aromatic N) is 2. The average Bonchev–Trinajstić information content (AvgIpc) is 2.53. The molecular formula is C9H7BN2S. The van der Waals surface area contributed by atoms with Crippen LogP contribution in [0.1, 0.15) is 5.56 Å². The van der Waals surface area contributed by atoms with Crippen LogP contribution >= 0.6 is 11.3 Å². The fraction of sp³-hybridized carbons (Fsp3) is 0.111. The van der Waals surface area contributed by atoms with Crippen LogP contribution in [-0.4, -0.2) is 18.0 Å². The SMILES string of the molecule is [B]c1nnc(-c2ccc(C)cc2)s1. The highest BCUT2D eigenvalue weighted by Gasteiger charge is 2.01. The topological polar surface area (TPSA) is 25.8 Å². The molecule has 0 saturated heterocycles. The Morgan fingerprint density at radius 3 is 2.38 bits per heavy atom. The van der Waals surface area contributed by atoms with Gasteiger partial charge in [-0.2, -0.15) is 5.10 Å². The van der Waals surface area contributed by atoms with Crippen molar-refractivity contribution in [2.75, 3.05) is 0 Å². The Labute approximate surface area is 82.1 Å². The molecule has 0 spiro atoms. The monoisotopic (exact) mass is 186 g/mol. The molecule has 0 aliphatic carbocycles. The van der Waals surface area contributed by atoms with Gasteiger partial charge in [0.2, 0.25) is 0 Å². The van der Waals surface area contributed by atoms with Crippen molar-refractivity contribution in [3.8, 4) is 10.6 Å². The number of aryl methyl sites for hydroxylation is 1. The maximum absolute atomic E-state index is 5.49.